The fourth-order valence-electron chi connectivity index (χ4n) is 1.80. The van der Waals surface area contributed by atoms with Gasteiger partial charge in [0.1, 0.15) is 0 Å². The molecule has 1 aliphatic heterocycles. The van der Waals surface area contributed by atoms with E-state index in [2.05, 4.69) is 10.6 Å². The number of carboxylic acids is 1. The Morgan fingerprint density at radius 3 is 2.63 bits per heavy atom. The molecule has 0 saturated carbocycles. The van der Waals surface area contributed by atoms with Crippen molar-refractivity contribution in [2.24, 2.45) is 0 Å². The zero-order chi connectivity index (χ0) is 14.3. The summed E-state index contributed by atoms with van der Waals surface area (Å²) in [6, 6.07) is -0.533. The van der Waals surface area contributed by atoms with E-state index in [-0.39, 0.29) is 24.4 Å². The van der Waals surface area contributed by atoms with Crippen molar-refractivity contribution in [2.45, 2.75) is 19.4 Å². The fourth-order valence-corrected chi connectivity index (χ4v) is 2.86. The van der Waals surface area contributed by atoms with Gasteiger partial charge < -0.3 is 20.6 Å². The average Bonchev–Trinajstić information content (AvgIpc) is 2.34. The number of amides is 3. The van der Waals surface area contributed by atoms with E-state index in [0.29, 0.717) is 25.4 Å². The second-order valence-corrected chi connectivity index (χ2v) is 5.38. The molecule has 1 fully saturated rings. The highest BCUT2D eigenvalue weighted by Gasteiger charge is 2.28. The molecule has 3 amide bonds. The van der Waals surface area contributed by atoms with Crippen LogP contribution < -0.4 is 10.6 Å². The molecule has 0 aromatic heterocycles. The minimum absolute atomic E-state index is 0.0356. The van der Waals surface area contributed by atoms with Crippen molar-refractivity contribution in [1.29, 1.82) is 0 Å². The van der Waals surface area contributed by atoms with E-state index in [1.54, 1.807) is 16.7 Å². The molecule has 0 bridgehead atoms. The Hall–Kier alpha value is -1.44. The standard InChI is InChI=1S/C11H19N3O4S/c1-8(15)12-2-3-13-11(18)14-4-5-19-7-9(14)6-10(16)17/h9H,2-7H2,1H3,(H,12,15)(H,13,18)(H,16,17). The zero-order valence-corrected chi connectivity index (χ0v) is 11.7. The Labute approximate surface area is 116 Å². The summed E-state index contributed by atoms with van der Waals surface area (Å²) < 4.78 is 0. The predicted octanol–water partition coefficient (Wildman–Crippen LogP) is -0.276. The SMILES string of the molecule is CC(=O)NCCNC(=O)N1CCSCC1CC(=O)O. The van der Waals surface area contributed by atoms with Crippen molar-refractivity contribution in [1.82, 2.24) is 15.5 Å². The van der Waals surface area contributed by atoms with E-state index in [1.165, 1.54) is 6.92 Å². The topological polar surface area (TPSA) is 98.7 Å². The molecule has 19 heavy (non-hydrogen) atoms. The van der Waals surface area contributed by atoms with Gasteiger partial charge >= 0.3 is 12.0 Å². The van der Waals surface area contributed by atoms with Crippen molar-refractivity contribution in [2.75, 3.05) is 31.1 Å². The number of nitrogens with zero attached hydrogens (tertiary/aromatic N) is 1. The van der Waals surface area contributed by atoms with Gasteiger partial charge in [-0.05, 0) is 0 Å². The van der Waals surface area contributed by atoms with Crippen LogP contribution in [0.3, 0.4) is 0 Å². The number of urea groups is 1. The summed E-state index contributed by atoms with van der Waals surface area (Å²) >= 11 is 1.66. The molecule has 0 radical (unpaired) electrons. The van der Waals surface area contributed by atoms with Gasteiger partial charge in [-0.3, -0.25) is 9.59 Å². The first-order valence-corrected chi connectivity index (χ1v) is 7.24. The van der Waals surface area contributed by atoms with E-state index < -0.39 is 5.97 Å². The highest BCUT2D eigenvalue weighted by molar-refractivity contribution is 7.99. The molecule has 7 nitrogen and oxygen atoms in total. The molecule has 1 aliphatic rings. The Bertz CT molecular complexity index is 351. The van der Waals surface area contributed by atoms with Crippen LogP contribution in [0, 0.1) is 0 Å². The first-order chi connectivity index (χ1) is 9.00. The highest BCUT2D eigenvalue weighted by Crippen LogP contribution is 2.18. The van der Waals surface area contributed by atoms with Crippen molar-refractivity contribution < 1.29 is 19.5 Å². The smallest absolute Gasteiger partial charge is 0.317 e. The van der Waals surface area contributed by atoms with E-state index in [4.69, 9.17) is 5.11 Å². The lowest BCUT2D eigenvalue weighted by Gasteiger charge is -2.34. The lowest BCUT2D eigenvalue weighted by atomic mass is 10.2. The maximum absolute atomic E-state index is 11.9. The maximum atomic E-state index is 11.9. The van der Waals surface area contributed by atoms with Gasteiger partial charge in [0.25, 0.3) is 0 Å². The quantitative estimate of drug-likeness (QED) is 0.605. The van der Waals surface area contributed by atoms with Crippen LogP contribution in [0.15, 0.2) is 0 Å². The molecule has 1 unspecified atom stereocenters. The molecule has 8 heteroatoms. The van der Waals surface area contributed by atoms with Crippen molar-refractivity contribution in [3.63, 3.8) is 0 Å². The van der Waals surface area contributed by atoms with Gasteiger partial charge in [-0.2, -0.15) is 11.8 Å². The van der Waals surface area contributed by atoms with E-state index >= 15 is 0 Å². The van der Waals surface area contributed by atoms with Gasteiger partial charge in [-0.25, -0.2) is 4.79 Å². The number of hydrogen-bond acceptors (Lipinski definition) is 4. The highest BCUT2D eigenvalue weighted by atomic mass is 32.2. The van der Waals surface area contributed by atoms with Crippen LogP contribution in [0.4, 0.5) is 4.79 Å². The summed E-state index contributed by atoms with van der Waals surface area (Å²) in [5, 5.41) is 14.1. The van der Waals surface area contributed by atoms with Crippen LogP contribution >= 0.6 is 11.8 Å². The van der Waals surface area contributed by atoms with Crippen LogP contribution in [-0.2, 0) is 9.59 Å². The Morgan fingerprint density at radius 2 is 2.00 bits per heavy atom. The van der Waals surface area contributed by atoms with Crippen LogP contribution in [0.2, 0.25) is 0 Å². The number of rotatable bonds is 5. The number of nitrogens with one attached hydrogen (secondary N) is 2. The summed E-state index contributed by atoms with van der Waals surface area (Å²) in [6.07, 6.45) is -0.0356. The average molecular weight is 289 g/mol. The van der Waals surface area contributed by atoms with Crippen LogP contribution in [-0.4, -0.2) is 65.1 Å². The van der Waals surface area contributed by atoms with Gasteiger partial charge in [0.15, 0.2) is 0 Å². The zero-order valence-electron chi connectivity index (χ0n) is 10.8. The summed E-state index contributed by atoms with van der Waals surface area (Å²) in [6.45, 7) is 2.66. The largest absolute Gasteiger partial charge is 0.481 e. The van der Waals surface area contributed by atoms with Crippen molar-refractivity contribution >= 4 is 29.7 Å². The van der Waals surface area contributed by atoms with Crippen LogP contribution in [0.1, 0.15) is 13.3 Å². The molecule has 0 aromatic carbocycles. The van der Waals surface area contributed by atoms with Gasteiger partial charge in [0.2, 0.25) is 5.91 Å². The molecule has 0 aliphatic carbocycles. The minimum Gasteiger partial charge on any atom is -0.481 e. The first-order valence-electron chi connectivity index (χ1n) is 6.09. The lowest BCUT2D eigenvalue weighted by Crippen LogP contribution is -2.52. The molecule has 0 aromatic rings. The number of hydrogen-bond donors (Lipinski definition) is 3. The molecule has 0 spiro atoms. The summed E-state index contributed by atoms with van der Waals surface area (Å²) in [5.41, 5.74) is 0. The van der Waals surface area contributed by atoms with Gasteiger partial charge in [-0.1, -0.05) is 0 Å². The molecular weight excluding hydrogens is 270 g/mol. The number of carboxylic acid groups (broad SMARTS) is 1. The molecule has 108 valence electrons. The van der Waals surface area contributed by atoms with Gasteiger partial charge in [-0.15, -0.1) is 0 Å². The monoisotopic (exact) mass is 289 g/mol. The number of carbonyl (C=O) groups is 3. The Kier molecular flexibility index (Phi) is 6.48. The summed E-state index contributed by atoms with van der Waals surface area (Å²) in [4.78, 5) is 34.9. The van der Waals surface area contributed by atoms with Gasteiger partial charge in [0.05, 0.1) is 12.5 Å². The lowest BCUT2D eigenvalue weighted by molar-refractivity contribution is -0.138. The predicted molar refractivity (Wildman–Crippen MR) is 72.2 cm³/mol. The van der Waals surface area contributed by atoms with Crippen molar-refractivity contribution in [3.05, 3.63) is 0 Å². The van der Waals surface area contributed by atoms with Crippen LogP contribution in [0.5, 0.6) is 0 Å². The van der Waals surface area contributed by atoms with E-state index in [0.717, 1.165) is 5.75 Å². The van der Waals surface area contributed by atoms with Gasteiger partial charge in [0, 0.05) is 38.1 Å². The van der Waals surface area contributed by atoms with E-state index in [9.17, 15) is 14.4 Å². The van der Waals surface area contributed by atoms with Crippen LogP contribution in [0.25, 0.3) is 0 Å². The normalized spacial score (nSPS) is 18.8. The Balaban J connectivity index is 2.38. The third-order valence-electron chi connectivity index (χ3n) is 2.67. The fraction of sp³-hybridized carbons (Fsp3) is 0.727. The second-order valence-electron chi connectivity index (χ2n) is 4.23. The molecule has 1 heterocycles. The first kappa shape index (κ1) is 15.6. The molecule has 3 N–H and O–H groups in total. The third-order valence-corrected chi connectivity index (χ3v) is 3.77. The third kappa shape index (κ3) is 5.82. The minimum atomic E-state index is -0.899. The number of aliphatic carboxylic acids is 1. The summed E-state index contributed by atoms with van der Waals surface area (Å²) in [5.74, 6) is 0.414. The number of carbonyl (C=O) groups excluding carboxylic acids is 2. The van der Waals surface area contributed by atoms with Crippen molar-refractivity contribution in [3.8, 4) is 0 Å². The number of thioether (sulfide) groups is 1. The molecule has 1 rings (SSSR count). The summed E-state index contributed by atoms with van der Waals surface area (Å²) in [7, 11) is 0. The maximum Gasteiger partial charge on any atom is 0.317 e. The molecule has 1 saturated heterocycles. The molecule has 1 atom stereocenters. The molecular formula is C11H19N3O4S. The Morgan fingerprint density at radius 1 is 1.32 bits per heavy atom. The second kappa shape index (κ2) is 7.88. The van der Waals surface area contributed by atoms with E-state index in [1.807, 2.05) is 0 Å².